The number of hydrogen-bond donors (Lipinski definition) is 0. The van der Waals surface area contributed by atoms with Crippen molar-refractivity contribution in [3.63, 3.8) is 0 Å². The minimum absolute atomic E-state index is 0.0945. The van der Waals surface area contributed by atoms with Gasteiger partial charge in [-0.1, -0.05) is 0 Å². The molecule has 1 saturated heterocycles. The largest absolute Gasteiger partial charge is 0.479 e. The van der Waals surface area contributed by atoms with Gasteiger partial charge in [-0.2, -0.15) is 0 Å². The fourth-order valence-electron chi connectivity index (χ4n) is 3.63. The lowest BCUT2D eigenvalue weighted by molar-refractivity contribution is -0.133. The molecular weight excluding hydrogens is 386 g/mol. The second kappa shape index (κ2) is 8.10. The van der Waals surface area contributed by atoms with E-state index in [0.717, 1.165) is 0 Å². The fourth-order valence-corrected chi connectivity index (χ4v) is 3.63. The predicted octanol–water partition coefficient (Wildman–Crippen LogP) is 1.14. The van der Waals surface area contributed by atoms with E-state index in [-0.39, 0.29) is 24.1 Å². The van der Waals surface area contributed by atoms with E-state index in [4.69, 9.17) is 4.74 Å². The van der Waals surface area contributed by atoms with Gasteiger partial charge < -0.3 is 14.5 Å². The van der Waals surface area contributed by atoms with Gasteiger partial charge in [-0.15, -0.1) is 0 Å². The van der Waals surface area contributed by atoms with Crippen molar-refractivity contribution >= 4 is 29.2 Å². The maximum absolute atomic E-state index is 13.0. The molecule has 1 unspecified atom stereocenters. The molecule has 4 rings (SSSR count). The van der Waals surface area contributed by atoms with Crippen LogP contribution in [0, 0.1) is 0 Å². The molecule has 30 heavy (non-hydrogen) atoms. The average molecular weight is 409 g/mol. The summed E-state index contributed by atoms with van der Waals surface area (Å²) in [6.07, 6.45) is 2.69. The summed E-state index contributed by atoms with van der Waals surface area (Å²) in [4.78, 5) is 51.2. The molecule has 156 valence electrons. The number of Topliss-reactive ketones (excluding diaryl/α,β-unsaturated/α-hetero) is 1. The van der Waals surface area contributed by atoms with Crippen LogP contribution >= 0.6 is 0 Å². The van der Waals surface area contributed by atoms with E-state index in [1.807, 2.05) is 4.90 Å². The van der Waals surface area contributed by atoms with E-state index >= 15 is 0 Å². The Bertz CT molecular complexity index is 973. The van der Waals surface area contributed by atoms with Gasteiger partial charge in [0, 0.05) is 44.1 Å². The molecule has 0 bridgehead atoms. The molecule has 3 heterocycles. The molecule has 2 aliphatic rings. The lowest BCUT2D eigenvalue weighted by atomic mass is 10.1. The minimum Gasteiger partial charge on any atom is -0.479 e. The molecule has 2 aromatic rings. The molecule has 1 fully saturated rings. The van der Waals surface area contributed by atoms with Crippen molar-refractivity contribution in [1.82, 2.24) is 14.9 Å². The quantitative estimate of drug-likeness (QED) is 0.699. The van der Waals surface area contributed by atoms with E-state index in [9.17, 15) is 14.4 Å². The first-order valence-corrected chi connectivity index (χ1v) is 9.87. The molecule has 0 radical (unpaired) electrons. The van der Waals surface area contributed by atoms with Gasteiger partial charge in [-0.05, 0) is 38.1 Å². The predicted molar refractivity (Wildman–Crippen MR) is 110 cm³/mol. The Kier molecular flexibility index (Phi) is 5.35. The molecule has 1 atom stereocenters. The summed E-state index contributed by atoms with van der Waals surface area (Å²) in [6.45, 7) is 5.30. The Hall–Kier alpha value is -3.49. The zero-order valence-corrected chi connectivity index (χ0v) is 16.9. The number of carbonyl (C=O) groups excluding carboxylic acids is 3. The maximum Gasteiger partial charge on any atom is 0.268 e. The number of nitrogens with zero attached hydrogens (tertiary/aromatic N) is 5. The first-order valence-electron chi connectivity index (χ1n) is 9.87. The van der Waals surface area contributed by atoms with Crippen LogP contribution in [0.4, 0.5) is 11.6 Å². The van der Waals surface area contributed by atoms with Crippen LogP contribution in [0.15, 0.2) is 36.7 Å². The Labute approximate surface area is 174 Å². The van der Waals surface area contributed by atoms with Crippen molar-refractivity contribution < 1.29 is 19.1 Å². The first-order chi connectivity index (χ1) is 14.4. The van der Waals surface area contributed by atoms with Crippen LogP contribution in [0.1, 0.15) is 24.2 Å². The number of ether oxygens (including phenoxy) is 1. The number of ketones is 1. The number of anilines is 2. The van der Waals surface area contributed by atoms with Crippen molar-refractivity contribution in [2.24, 2.45) is 0 Å². The van der Waals surface area contributed by atoms with E-state index in [1.165, 1.54) is 11.8 Å². The number of rotatable bonds is 4. The summed E-state index contributed by atoms with van der Waals surface area (Å²) in [5.41, 5.74) is 0.920. The third-order valence-corrected chi connectivity index (χ3v) is 5.33. The molecule has 0 aliphatic carbocycles. The third-order valence-electron chi connectivity index (χ3n) is 5.33. The van der Waals surface area contributed by atoms with Crippen LogP contribution in [0.5, 0.6) is 5.75 Å². The van der Waals surface area contributed by atoms with E-state index < -0.39 is 6.10 Å². The molecule has 1 aromatic carbocycles. The SMILES string of the molecule is CC(=O)c1ccc2c(c1)N(CC(=O)N1CCN(c3ncccn3)CC1)C(=O)C(C)O2. The lowest BCUT2D eigenvalue weighted by Gasteiger charge is -2.37. The number of fused-ring (bicyclic) bond motifs is 1. The summed E-state index contributed by atoms with van der Waals surface area (Å²) in [5, 5.41) is 0. The topological polar surface area (TPSA) is 95.9 Å². The Balaban J connectivity index is 1.47. The van der Waals surface area contributed by atoms with Crippen LogP contribution in [0.3, 0.4) is 0 Å². The van der Waals surface area contributed by atoms with E-state index in [0.29, 0.717) is 49.1 Å². The summed E-state index contributed by atoms with van der Waals surface area (Å²) >= 11 is 0. The van der Waals surface area contributed by atoms with Crippen molar-refractivity contribution in [2.45, 2.75) is 20.0 Å². The fraction of sp³-hybridized carbons (Fsp3) is 0.381. The van der Waals surface area contributed by atoms with Gasteiger partial charge in [0.2, 0.25) is 11.9 Å². The molecule has 0 spiro atoms. The van der Waals surface area contributed by atoms with Gasteiger partial charge in [0.15, 0.2) is 11.9 Å². The van der Waals surface area contributed by atoms with Gasteiger partial charge in [0.05, 0.1) is 5.69 Å². The summed E-state index contributed by atoms with van der Waals surface area (Å²) in [7, 11) is 0. The zero-order chi connectivity index (χ0) is 21.3. The molecule has 9 nitrogen and oxygen atoms in total. The standard InChI is InChI=1S/C21H23N5O4/c1-14(27)16-4-5-18-17(12-16)26(20(29)15(2)30-18)13-19(28)24-8-10-25(11-9-24)21-22-6-3-7-23-21/h3-7,12,15H,8-11,13H2,1-2H3. The molecule has 2 aliphatic heterocycles. The summed E-state index contributed by atoms with van der Waals surface area (Å²) < 4.78 is 5.65. The third kappa shape index (κ3) is 3.83. The highest BCUT2D eigenvalue weighted by molar-refractivity contribution is 6.05. The molecule has 0 N–H and O–H groups in total. The Morgan fingerprint density at radius 2 is 1.83 bits per heavy atom. The van der Waals surface area contributed by atoms with Crippen molar-refractivity contribution in [2.75, 3.05) is 42.5 Å². The number of piperazine rings is 1. The lowest BCUT2D eigenvalue weighted by Crippen LogP contribution is -2.54. The van der Waals surface area contributed by atoms with Crippen LogP contribution in [-0.2, 0) is 9.59 Å². The van der Waals surface area contributed by atoms with E-state index in [2.05, 4.69) is 9.97 Å². The number of hydrogen-bond acceptors (Lipinski definition) is 7. The van der Waals surface area contributed by atoms with Crippen LogP contribution in [0.25, 0.3) is 0 Å². The van der Waals surface area contributed by atoms with Gasteiger partial charge in [-0.3, -0.25) is 19.3 Å². The average Bonchev–Trinajstić information content (AvgIpc) is 2.77. The second-order valence-corrected chi connectivity index (χ2v) is 7.34. The number of aromatic nitrogens is 2. The van der Waals surface area contributed by atoms with Gasteiger partial charge in [-0.25, -0.2) is 9.97 Å². The first kappa shape index (κ1) is 19.8. The van der Waals surface area contributed by atoms with Crippen molar-refractivity contribution in [3.8, 4) is 5.75 Å². The maximum atomic E-state index is 13.0. The highest BCUT2D eigenvalue weighted by Crippen LogP contribution is 2.35. The smallest absolute Gasteiger partial charge is 0.268 e. The molecule has 2 amide bonds. The van der Waals surface area contributed by atoms with Crippen molar-refractivity contribution in [1.29, 1.82) is 0 Å². The van der Waals surface area contributed by atoms with Crippen LogP contribution in [0.2, 0.25) is 0 Å². The highest BCUT2D eigenvalue weighted by atomic mass is 16.5. The second-order valence-electron chi connectivity index (χ2n) is 7.34. The van der Waals surface area contributed by atoms with Gasteiger partial charge in [0.1, 0.15) is 12.3 Å². The zero-order valence-electron chi connectivity index (χ0n) is 16.9. The normalized spacial score (nSPS) is 18.7. The molecule has 1 aromatic heterocycles. The van der Waals surface area contributed by atoms with Crippen molar-refractivity contribution in [3.05, 3.63) is 42.2 Å². The minimum atomic E-state index is -0.694. The Morgan fingerprint density at radius 1 is 1.13 bits per heavy atom. The Morgan fingerprint density at radius 3 is 2.50 bits per heavy atom. The molecular formula is C21H23N5O4. The summed E-state index contributed by atoms with van der Waals surface area (Å²) in [5.74, 6) is 0.575. The highest BCUT2D eigenvalue weighted by Gasteiger charge is 2.34. The number of benzene rings is 1. The summed E-state index contributed by atoms with van der Waals surface area (Å²) in [6, 6.07) is 6.71. The van der Waals surface area contributed by atoms with Crippen LogP contribution in [-0.4, -0.2) is 71.3 Å². The van der Waals surface area contributed by atoms with Gasteiger partial charge in [0.25, 0.3) is 5.91 Å². The van der Waals surface area contributed by atoms with Gasteiger partial charge >= 0.3 is 0 Å². The number of carbonyl (C=O) groups is 3. The molecule has 9 heteroatoms. The van der Waals surface area contributed by atoms with E-state index in [1.54, 1.807) is 48.5 Å². The number of amides is 2. The molecule has 0 saturated carbocycles. The van der Waals surface area contributed by atoms with Crippen LogP contribution < -0.4 is 14.5 Å². The monoisotopic (exact) mass is 409 g/mol.